The van der Waals surface area contributed by atoms with Gasteiger partial charge in [0.15, 0.2) is 5.96 Å². The molecule has 7 nitrogen and oxygen atoms in total. The molecule has 2 aliphatic heterocycles. The third kappa shape index (κ3) is 8.35. The molecule has 0 amide bonds. The van der Waals surface area contributed by atoms with Crippen LogP contribution in [0.1, 0.15) is 46.0 Å². The average Bonchev–Trinajstić information content (AvgIpc) is 2.64. The van der Waals surface area contributed by atoms with Gasteiger partial charge in [-0.15, -0.1) is 0 Å². The fourth-order valence-electron chi connectivity index (χ4n) is 3.78. The van der Waals surface area contributed by atoms with Crippen LogP contribution in [-0.4, -0.2) is 82.2 Å². The second-order valence-corrected chi connectivity index (χ2v) is 10.1. The Kier molecular flexibility index (Phi) is 9.32. The Labute approximate surface area is 166 Å². The minimum Gasteiger partial charge on any atom is -0.357 e. The number of hydrogen-bond donors (Lipinski definition) is 2. The lowest BCUT2D eigenvalue weighted by molar-refractivity contribution is 0.191. The molecule has 0 aromatic carbocycles. The van der Waals surface area contributed by atoms with Gasteiger partial charge in [-0.05, 0) is 70.5 Å². The van der Waals surface area contributed by atoms with Gasteiger partial charge < -0.3 is 15.5 Å². The van der Waals surface area contributed by atoms with Gasteiger partial charge in [0.25, 0.3) is 0 Å². The summed E-state index contributed by atoms with van der Waals surface area (Å²) in [5.74, 6) is 2.24. The van der Waals surface area contributed by atoms with E-state index in [1.807, 2.05) is 0 Å². The van der Waals surface area contributed by atoms with Crippen molar-refractivity contribution in [2.45, 2.75) is 46.0 Å². The highest BCUT2D eigenvalue weighted by molar-refractivity contribution is 7.88. The number of rotatable bonds is 8. The van der Waals surface area contributed by atoms with Crippen LogP contribution < -0.4 is 10.6 Å². The van der Waals surface area contributed by atoms with E-state index < -0.39 is 10.0 Å². The van der Waals surface area contributed by atoms with Crippen LogP contribution in [0, 0.1) is 11.8 Å². The van der Waals surface area contributed by atoms with Gasteiger partial charge in [0.2, 0.25) is 10.0 Å². The number of piperidine rings is 2. The Morgan fingerprint density at radius 3 is 2.33 bits per heavy atom. The Bertz CT molecular complexity index is 550. The summed E-state index contributed by atoms with van der Waals surface area (Å²) in [4.78, 5) is 7.30. The largest absolute Gasteiger partial charge is 0.357 e. The molecule has 2 rings (SSSR count). The number of hydrogen-bond acceptors (Lipinski definition) is 4. The van der Waals surface area contributed by atoms with Crippen LogP contribution in [0.25, 0.3) is 0 Å². The number of guanidine groups is 1. The monoisotopic (exact) mass is 401 g/mol. The second-order valence-electron chi connectivity index (χ2n) is 8.13. The van der Waals surface area contributed by atoms with Crippen molar-refractivity contribution >= 4 is 16.0 Å². The van der Waals surface area contributed by atoms with Crippen molar-refractivity contribution in [3.63, 3.8) is 0 Å². The van der Waals surface area contributed by atoms with Gasteiger partial charge in [0.05, 0.1) is 6.26 Å². The van der Waals surface area contributed by atoms with E-state index in [1.165, 1.54) is 32.2 Å². The molecular weight excluding hydrogens is 362 g/mol. The number of nitrogens with one attached hydrogen (secondary N) is 2. The Morgan fingerprint density at radius 1 is 1.07 bits per heavy atom. The van der Waals surface area contributed by atoms with E-state index in [9.17, 15) is 8.42 Å². The van der Waals surface area contributed by atoms with Crippen LogP contribution >= 0.6 is 0 Å². The van der Waals surface area contributed by atoms with Crippen molar-refractivity contribution in [1.29, 1.82) is 0 Å². The highest BCUT2D eigenvalue weighted by Crippen LogP contribution is 2.19. The van der Waals surface area contributed by atoms with Crippen LogP contribution in [0.3, 0.4) is 0 Å². The van der Waals surface area contributed by atoms with E-state index in [4.69, 9.17) is 4.99 Å². The van der Waals surface area contributed by atoms with Gasteiger partial charge >= 0.3 is 0 Å². The molecule has 0 aliphatic carbocycles. The van der Waals surface area contributed by atoms with Crippen LogP contribution in [0.15, 0.2) is 4.99 Å². The minimum absolute atomic E-state index is 0.466. The van der Waals surface area contributed by atoms with Gasteiger partial charge in [-0.3, -0.25) is 4.99 Å². The molecule has 8 heteroatoms. The van der Waals surface area contributed by atoms with E-state index in [0.29, 0.717) is 19.0 Å². The summed E-state index contributed by atoms with van der Waals surface area (Å²) in [5.41, 5.74) is 0. The lowest BCUT2D eigenvalue weighted by Gasteiger charge is -2.30. The lowest BCUT2D eigenvalue weighted by atomic mass is 9.98. The van der Waals surface area contributed by atoms with E-state index >= 15 is 0 Å². The minimum atomic E-state index is -3.05. The molecule has 2 saturated heterocycles. The molecule has 0 bridgehead atoms. The Balaban J connectivity index is 1.66. The van der Waals surface area contributed by atoms with Crippen LogP contribution in [0.4, 0.5) is 0 Å². The summed E-state index contributed by atoms with van der Waals surface area (Å²) >= 11 is 0. The molecule has 2 heterocycles. The molecule has 0 atom stereocenters. The van der Waals surface area contributed by atoms with Gasteiger partial charge in [0, 0.05) is 32.7 Å². The van der Waals surface area contributed by atoms with Crippen molar-refractivity contribution in [2.24, 2.45) is 16.8 Å². The molecule has 2 N–H and O–H groups in total. The summed E-state index contributed by atoms with van der Waals surface area (Å²) in [5, 5.41) is 6.77. The highest BCUT2D eigenvalue weighted by atomic mass is 32.2. The molecule has 0 aromatic rings. The lowest BCUT2D eigenvalue weighted by Crippen LogP contribution is -2.41. The second kappa shape index (κ2) is 11.2. The average molecular weight is 402 g/mol. The third-order valence-electron chi connectivity index (χ3n) is 5.71. The quantitative estimate of drug-likeness (QED) is 0.365. The molecule has 0 saturated carbocycles. The predicted octanol–water partition coefficient (Wildman–Crippen LogP) is 1.34. The predicted molar refractivity (Wildman–Crippen MR) is 113 cm³/mol. The van der Waals surface area contributed by atoms with E-state index in [0.717, 1.165) is 57.3 Å². The number of sulfonamides is 1. The van der Waals surface area contributed by atoms with Crippen LogP contribution in [0.5, 0.6) is 0 Å². The zero-order valence-electron chi connectivity index (χ0n) is 17.4. The van der Waals surface area contributed by atoms with Gasteiger partial charge in [-0.2, -0.15) is 0 Å². The smallest absolute Gasteiger partial charge is 0.211 e. The summed E-state index contributed by atoms with van der Waals surface area (Å²) in [6.07, 6.45) is 6.87. The molecule has 158 valence electrons. The van der Waals surface area contributed by atoms with Crippen LogP contribution in [0.2, 0.25) is 0 Å². The molecule has 2 aliphatic rings. The topological polar surface area (TPSA) is 77.0 Å². The third-order valence-corrected chi connectivity index (χ3v) is 7.02. The van der Waals surface area contributed by atoms with Crippen molar-refractivity contribution in [3.05, 3.63) is 0 Å². The zero-order valence-corrected chi connectivity index (χ0v) is 18.2. The normalized spacial score (nSPS) is 22.1. The zero-order chi connectivity index (χ0) is 19.7. The first-order valence-corrected chi connectivity index (χ1v) is 12.4. The summed E-state index contributed by atoms with van der Waals surface area (Å²) < 4.78 is 24.8. The molecule has 0 spiro atoms. The molecular formula is C19H39N5O2S. The Hall–Kier alpha value is -0.860. The van der Waals surface area contributed by atoms with Crippen molar-refractivity contribution < 1.29 is 8.42 Å². The van der Waals surface area contributed by atoms with E-state index in [-0.39, 0.29) is 0 Å². The molecule has 0 unspecified atom stereocenters. The van der Waals surface area contributed by atoms with Crippen LogP contribution in [-0.2, 0) is 10.0 Å². The SMILES string of the molecule is CCNC(=NCC1CCN(S(C)(=O)=O)CC1)NCCCN1CCC(C)CC1. The fraction of sp³-hybridized carbons (Fsp3) is 0.947. The maximum Gasteiger partial charge on any atom is 0.211 e. The Morgan fingerprint density at radius 2 is 1.74 bits per heavy atom. The first-order chi connectivity index (χ1) is 12.9. The first kappa shape index (κ1) is 22.4. The van der Waals surface area contributed by atoms with Crippen molar-refractivity contribution in [3.8, 4) is 0 Å². The fourth-order valence-corrected chi connectivity index (χ4v) is 4.65. The van der Waals surface area contributed by atoms with E-state index in [2.05, 4.69) is 29.4 Å². The van der Waals surface area contributed by atoms with Gasteiger partial charge in [-0.25, -0.2) is 12.7 Å². The number of likely N-dealkylation sites (tertiary alicyclic amines) is 1. The highest BCUT2D eigenvalue weighted by Gasteiger charge is 2.24. The number of nitrogens with zero attached hydrogens (tertiary/aromatic N) is 3. The number of aliphatic imine (C=N–C) groups is 1. The molecule has 0 aromatic heterocycles. The molecule has 0 radical (unpaired) electrons. The summed E-state index contributed by atoms with van der Waals surface area (Å²) in [6.45, 7) is 11.9. The standard InChI is InChI=1S/C19H39N5O2S/c1-4-20-19(21-10-5-11-23-12-6-17(2)7-13-23)22-16-18-8-14-24(15-9-18)27(3,25)26/h17-18H,4-16H2,1-3H3,(H2,20,21,22). The van der Waals surface area contributed by atoms with Crippen molar-refractivity contribution in [2.75, 3.05) is 58.6 Å². The van der Waals surface area contributed by atoms with Crippen molar-refractivity contribution in [1.82, 2.24) is 19.8 Å². The summed E-state index contributed by atoms with van der Waals surface area (Å²) in [6, 6.07) is 0. The maximum atomic E-state index is 11.6. The van der Waals surface area contributed by atoms with E-state index in [1.54, 1.807) is 4.31 Å². The first-order valence-electron chi connectivity index (χ1n) is 10.6. The molecule has 2 fully saturated rings. The maximum absolute atomic E-state index is 11.6. The summed E-state index contributed by atoms with van der Waals surface area (Å²) in [7, 11) is -3.05. The molecule has 27 heavy (non-hydrogen) atoms. The van der Waals surface area contributed by atoms with Gasteiger partial charge in [-0.1, -0.05) is 6.92 Å². The van der Waals surface area contributed by atoms with Gasteiger partial charge in [0.1, 0.15) is 0 Å².